The molecule has 1 heterocycles. The van der Waals surface area contributed by atoms with Gasteiger partial charge in [0, 0.05) is 6.42 Å². The van der Waals surface area contributed by atoms with Crippen LogP contribution in [-0.4, -0.2) is 31.1 Å². The van der Waals surface area contributed by atoms with E-state index in [0.717, 1.165) is 19.1 Å². The summed E-state index contributed by atoms with van der Waals surface area (Å²) in [5.41, 5.74) is 0. The summed E-state index contributed by atoms with van der Waals surface area (Å²) in [7, 11) is 0. The number of rotatable bonds is 6. The van der Waals surface area contributed by atoms with Crippen LogP contribution in [0.3, 0.4) is 0 Å². The van der Waals surface area contributed by atoms with Crippen LogP contribution in [0.1, 0.15) is 46.0 Å². The summed E-state index contributed by atoms with van der Waals surface area (Å²) >= 11 is 0. The molecule has 2 fully saturated rings. The molecule has 0 aromatic carbocycles. The number of esters is 1. The van der Waals surface area contributed by atoms with Gasteiger partial charge in [-0.2, -0.15) is 0 Å². The molecule has 1 aliphatic heterocycles. The van der Waals surface area contributed by atoms with Gasteiger partial charge >= 0.3 is 5.97 Å². The average Bonchev–Trinajstić information content (AvgIpc) is 3.19. The zero-order valence-corrected chi connectivity index (χ0v) is 11.8. The van der Waals surface area contributed by atoms with Crippen LogP contribution in [-0.2, 0) is 19.1 Å². The van der Waals surface area contributed by atoms with Crippen LogP contribution in [0, 0.1) is 17.8 Å². The van der Waals surface area contributed by atoms with E-state index in [1.165, 1.54) is 12.8 Å². The predicted octanol–water partition coefficient (Wildman–Crippen LogP) is 2.35. The number of hydrogen-bond donors (Lipinski definition) is 0. The molecule has 1 saturated carbocycles. The van der Waals surface area contributed by atoms with Crippen LogP contribution >= 0.6 is 0 Å². The van der Waals surface area contributed by atoms with Crippen molar-refractivity contribution in [1.82, 2.24) is 0 Å². The molecule has 1 aliphatic carbocycles. The molecule has 4 nitrogen and oxygen atoms in total. The molecule has 19 heavy (non-hydrogen) atoms. The molecule has 1 saturated heterocycles. The molecule has 0 amide bonds. The summed E-state index contributed by atoms with van der Waals surface area (Å²) in [6, 6.07) is 0. The van der Waals surface area contributed by atoms with Crippen molar-refractivity contribution in [3.8, 4) is 0 Å². The largest absolute Gasteiger partial charge is 0.466 e. The maximum atomic E-state index is 12.0. The number of hydrogen-bond acceptors (Lipinski definition) is 4. The van der Waals surface area contributed by atoms with Crippen LogP contribution < -0.4 is 0 Å². The first-order valence-corrected chi connectivity index (χ1v) is 7.41. The van der Waals surface area contributed by atoms with E-state index in [-0.39, 0.29) is 36.4 Å². The number of aldehydes is 1. The Kier molecular flexibility index (Phi) is 4.97. The topological polar surface area (TPSA) is 52.6 Å². The minimum absolute atomic E-state index is 0.174. The maximum Gasteiger partial charge on any atom is 0.309 e. The first-order valence-electron chi connectivity index (χ1n) is 7.41. The van der Waals surface area contributed by atoms with Gasteiger partial charge < -0.3 is 14.3 Å². The summed E-state index contributed by atoms with van der Waals surface area (Å²) in [5.74, 6) is 0.385. The van der Waals surface area contributed by atoms with Crippen molar-refractivity contribution in [2.75, 3.05) is 6.61 Å². The molecule has 0 aromatic rings. The van der Waals surface area contributed by atoms with Gasteiger partial charge in [0.05, 0.1) is 24.7 Å². The summed E-state index contributed by atoms with van der Waals surface area (Å²) in [6.45, 7) is 4.24. The fraction of sp³-hybridized carbons (Fsp3) is 0.867. The molecular formula is C15H24O4. The van der Waals surface area contributed by atoms with Crippen molar-refractivity contribution in [3.63, 3.8) is 0 Å². The lowest BCUT2D eigenvalue weighted by Crippen LogP contribution is -2.38. The highest BCUT2D eigenvalue weighted by molar-refractivity contribution is 5.75. The van der Waals surface area contributed by atoms with Gasteiger partial charge in [-0.3, -0.25) is 4.79 Å². The highest BCUT2D eigenvalue weighted by atomic mass is 16.5. The predicted molar refractivity (Wildman–Crippen MR) is 70.6 cm³/mol. The fourth-order valence-corrected chi connectivity index (χ4v) is 3.16. The van der Waals surface area contributed by atoms with Gasteiger partial charge in [0.25, 0.3) is 0 Å². The minimum Gasteiger partial charge on any atom is -0.466 e. The lowest BCUT2D eigenvalue weighted by Gasteiger charge is -2.37. The van der Waals surface area contributed by atoms with Crippen LogP contribution in [0.2, 0.25) is 0 Å². The molecule has 0 bridgehead atoms. The Labute approximate surface area is 114 Å². The van der Waals surface area contributed by atoms with E-state index < -0.39 is 0 Å². The van der Waals surface area contributed by atoms with Gasteiger partial charge in [0.15, 0.2) is 0 Å². The first-order chi connectivity index (χ1) is 9.15. The third-order valence-electron chi connectivity index (χ3n) is 4.23. The quantitative estimate of drug-likeness (QED) is 0.548. The SMILES string of the molecule is CCOC(=O)[C@@H](CC=O)[C@@H]1C[C@H](C)O[C@@H](C2CC2)C1. The summed E-state index contributed by atoms with van der Waals surface area (Å²) in [5, 5.41) is 0. The molecule has 108 valence electrons. The average molecular weight is 268 g/mol. The summed E-state index contributed by atoms with van der Waals surface area (Å²) in [6.07, 6.45) is 5.78. The van der Waals surface area contributed by atoms with Crippen molar-refractivity contribution in [2.45, 2.75) is 58.2 Å². The monoisotopic (exact) mass is 268 g/mol. The molecule has 4 atom stereocenters. The second-order valence-electron chi connectivity index (χ2n) is 5.81. The second-order valence-corrected chi connectivity index (χ2v) is 5.81. The van der Waals surface area contributed by atoms with E-state index in [1.807, 2.05) is 0 Å². The van der Waals surface area contributed by atoms with E-state index in [2.05, 4.69) is 6.92 Å². The van der Waals surface area contributed by atoms with Crippen molar-refractivity contribution in [3.05, 3.63) is 0 Å². The normalized spacial score (nSPS) is 32.6. The van der Waals surface area contributed by atoms with Gasteiger partial charge in [-0.05, 0) is 51.4 Å². The van der Waals surface area contributed by atoms with Gasteiger partial charge in [-0.1, -0.05) is 0 Å². The molecule has 0 radical (unpaired) electrons. The third kappa shape index (κ3) is 3.78. The van der Waals surface area contributed by atoms with E-state index in [4.69, 9.17) is 9.47 Å². The third-order valence-corrected chi connectivity index (χ3v) is 4.23. The second kappa shape index (κ2) is 6.51. The Morgan fingerprint density at radius 2 is 2.16 bits per heavy atom. The Morgan fingerprint density at radius 3 is 2.74 bits per heavy atom. The van der Waals surface area contributed by atoms with E-state index in [1.54, 1.807) is 6.92 Å². The van der Waals surface area contributed by atoms with E-state index >= 15 is 0 Å². The van der Waals surface area contributed by atoms with Gasteiger partial charge in [-0.25, -0.2) is 0 Å². The van der Waals surface area contributed by atoms with Gasteiger partial charge in [-0.15, -0.1) is 0 Å². The number of carbonyl (C=O) groups is 2. The molecule has 2 aliphatic rings. The summed E-state index contributed by atoms with van der Waals surface area (Å²) < 4.78 is 11.1. The Bertz CT molecular complexity index is 324. The molecular weight excluding hydrogens is 244 g/mol. The Balaban J connectivity index is 2.01. The molecule has 0 unspecified atom stereocenters. The lowest BCUT2D eigenvalue weighted by molar-refractivity contribution is -0.155. The molecule has 4 heteroatoms. The van der Waals surface area contributed by atoms with Crippen molar-refractivity contribution >= 4 is 12.3 Å². The molecule has 0 aromatic heterocycles. The Morgan fingerprint density at radius 1 is 1.42 bits per heavy atom. The zero-order valence-electron chi connectivity index (χ0n) is 11.8. The van der Waals surface area contributed by atoms with Crippen LogP contribution in [0.4, 0.5) is 0 Å². The highest BCUT2D eigenvalue weighted by Crippen LogP contribution is 2.43. The van der Waals surface area contributed by atoms with Crippen LogP contribution in [0.15, 0.2) is 0 Å². The standard InChI is InChI=1S/C15H24O4/c1-3-18-15(17)13(6-7-16)12-8-10(2)19-14(9-12)11-4-5-11/h7,10-14H,3-6,8-9H2,1-2H3/t10-,12+,13-,14+/m0/s1. The first kappa shape index (κ1) is 14.5. The minimum atomic E-state index is -0.287. The number of ether oxygens (including phenoxy) is 2. The van der Waals surface area contributed by atoms with Crippen molar-refractivity contribution in [2.24, 2.45) is 17.8 Å². The smallest absolute Gasteiger partial charge is 0.309 e. The number of carbonyl (C=O) groups excluding carboxylic acids is 2. The van der Waals surface area contributed by atoms with Gasteiger partial charge in [0.2, 0.25) is 0 Å². The molecule has 0 spiro atoms. The van der Waals surface area contributed by atoms with E-state index in [9.17, 15) is 9.59 Å². The Hall–Kier alpha value is -0.900. The zero-order chi connectivity index (χ0) is 13.8. The molecule has 2 rings (SSSR count). The fourth-order valence-electron chi connectivity index (χ4n) is 3.16. The van der Waals surface area contributed by atoms with Crippen LogP contribution in [0.5, 0.6) is 0 Å². The summed E-state index contributed by atoms with van der Waals surface area (Å²) in [4.78, 5) is 22.8. The van der Waals surface area contributed by atoms with Gasteiger partial charge in [0.1, 0.15) is 6.29 Å². The van der Waals surface area contributed by atoms with Crippen molar-refractivity contribution < 1.29 is 19.1 Å². The highest BCUT2D eigenvalue weighted by Gasteiger charge is 2.41. The van der Waals surface area contributed by atoms with Crippen LogP contribution in [0.25, 0.3) is 0 Å². The maximum absolute atomic E-state index is 12.0. The van der Waals surface area contributed by atoms with Crippen molar-refractivity contribution in [1.29, 1.82) is 0 Å². The van der Waals surface area contributed by atoms with E-state index in [0.29, 0.717) is 12.5 Å². The molecule has 0 N–H and O–H groups in total. The lowest BCUT2D eigenvalue weighted by atomic mass is 9.79.